The molecule has 2 aromatic rings. The minimum atomic E-state index is -0.123. The number of halogens is 1. The summed E-state index contributed by atoms with van der Waals surface area (Å²) in [5.74, 6) is 1.57. The standard InChI is InChI=1S/C15H18ClN3O2/c1-10-3-5-12(21-10)8-19(2)9-15(20)18-11-4-6-13(16)14(17)7-11/h3-7H,8-9,17H2,1-2H3,(H,18,20). The largest absolute Gasteiger partial charge is 0.465 e. The van der Waals surface area contributed by atoms with Crippen molar-refractivity contribution in [1.29, 1.82) is 0 Å². The first kappa shape index (κ1) is 15.4. The molecule has 0 aliphatic carbocycles. The fraction of sp³-hybridized carbons (Fsp3) is 0.267. The lowest BCUT2D eigenvalue weighted by atomic mass is 10.3. The number of anilines is 2. The Morgan fingerprint density at radius 3 is 2.76 bits per heavy atom. The summed E-state index contributed by atoms with van der Waals surface area (Å²) in [5, 5.41) is 3.25. The van der Waals surface area contributed by atoms with Crippen molar-refractivity contribution >= 4 is 28.9 Å². The van der Waals surface area contributed by atoms with Crippen LogP contribution in [0.15, 0.2) is 34.7 Å². The highest BCUT2D eigenvalue weighted by molar-refractivity contribution is 6.33. The molecule has 0 radical (unpaired) electrons. The number of nitrogen functional groups attached to an aromatic ring is 1. The van der Waals surface area contributed by atoms with E-state index in [0.29, 0.717) is 22.9 Å². The molecule has 6 heteroatoms. The van der Waals surface area contributed by atoms with E-state index in [1.165, 1.54) is 0 Å². The summed E-state index contributed by atoms with van der Waals surface area (Å²) in [5.41, 5.74) is 6.76. The van der Waals surface area contributed by atoms with Crippen LogP contribution < -0.4 is 11.1 Å². The Balaban J connectivity index is 1.87. The predicted molar refractivity (Wildman–Crippen MR) is 84.3 cm³/mol. The second kappa shape index (κ2) is 6.65. The predicted octanol–water partition coefficient (Wildman–Crippen LogP) is 2.89. The number of carbonyl (C=O) groups is 1. The Hall–Kier alpha value is -1.98. The molecule has 1 aromatic heterocycles. The van der Waals surface area contributed by atoms with Gasteiger partial charge in [0.2, 0.25) is 5.91 Å². The zero-order valence-electron chi connectivity index (χ0n) is 12.0. The van der Waals surface area contributed by atoms with Gasteiger partial charge in [0.15, 0.2) is 0 Å². The number of nitrogens with one attached hydrogen (secondary N) is 1. The smallest absolute Gasteiger partial charge is 0.238 e. The van der Waals surface area contributed by atoms with Crippen molar-refractivity contribution in [1.82, 2.24) is 4.90 Å². The van der Waals surface area contributed by atoms with E-state index >= 15 is 0 Å². The molecular weight excluding hydrogens is 290 g/mol. The third-order valence-corrected chi connectivity index (χ3v) is 3.26. The fourth-order valence-corrected chi connectivity index (χ4v) is 2.08. The Morgan fingerprint density at radius 1 is 1.38 bits per heavy atom. The van der Waals surface area contributed by atoms with Gasteiger partial charge in [-0.25, -0.2) is 0 Å². The lowest BCUT2D eigenvalue weighted by molar-refractivity contribution is -0.117. The molecule has 112 valence electrons. The normalized spacial score (nSPS) is 10.9. The molecule has 1 heterocycles. The summed E-state index contributed by atoms with van der Waals surface area (Å²) < 4.78 is 5.48. The molecule has 0 atom stereocenters. The van der Waals surface area contributed by atoms with E-state index in [4.69, 9.17) is 21.8 Å². The number of hydrogen-bond donors (Lipinski definition) is 2. The van der Waals surface area contributed by atoms with Crippen LogP contribution in [0, 0.1) is 6.92 Å². The summed E-state index contributed by atoms with van der Waals surface area (Å²) in [7, 11) is 1.85. The topological polar surface area (TPSA) is 71.5 Å². The van der Waals surface area contributed by atoms with Gasteiger partial charge in [0.25, 0.3) is 0 Å². The zero-order chi connectivity index (χ0) is 15.4. The lowest BCUT2D eigenvalue weighted by Crippen LogP contribution is -2.29. The summed E-state index contributed by atoms with van der Waals surface area (Å²) >= 11 is 5.84. The van der Waals surface area contributed by atoms with Gasteiger partial charge in [0, 0.05) is 5.69 Å². The van der Waals surface area contributed by atoms with Crippen LogP contribution in [0.2, 0.25) is 5.02 Å². The van der Waals surface area contributed by atoms with Gasteiger partial charge in [0.1, 0.15) is 11.5 Å². The number of benzene rings is 1. The van der Waals surface area contributed by atoms with E-state index in [9.17, 15) is 4.79 Å². The molecule has 0 saturated heterocycles. The number of nitrogens with zero attached hydrogens (tertiary/aromatic N) is 1. The summed E-state index contributed by atoms with van der Waals surface area (Å²) in [6, 6.07) is 8.81. The molecule has 0 spiro atoms. The van der Waals surface area contributed by atoms with Crippen LogP contribution in [0.5, 0.6) is 0 Å². The fourth-order valence-electron chi connectivity index (χ4n) is 1.96. The molecule has 0 unspecified atom stereocenters. The van der Waals surface area contributed by atoms with Crippen molar-refractivity contribution in [2.45, 2.75) is 13.5 Å². The van der Waals surface area contributed by atoms with Gasteiger partial charge in [-0.3, -0.25) is 9.69 Å². The number of rotatable bonds is 5. The van der Waals surface area contributed by atoms with Crippen molar-refractivity contribution in [2.24, 2.45) is 0 Å². The molecule has 2 rings (SSSR count). The first-order valence-electron chi connectivity index (χ1n) is 6.53. The molecule has 5 nitrogen and oxygen atoms in total. The minimum absolute atomic E-state index is 0.123. The second-order valence-corrected chi connectivity index (χ2v) is 5.38. The first-order chi connectivity index (χ1) is 9.94. The molecule has 0 fully saturated rings. The van der Waals surface area contributed by atoms with Crippen molar-refractivity contribution in [3.63, 3.8) is 0 Å². The van der Waals surface area contributed by atoms with E-state index in [-0.39, 0.29) is 12.5 Å². The van der Waals surface area contributed by atoms with Gasteiger partial charge in [-0.1, -0.05) is 11.6 Å². The Morgan fingerprint density at radius 2 is 2.14 bits per heavy atom. The maximum absolute atomic E-state index is 12.0. The van der Waals surface area contributed by atoms with Gasteiger partial charge in [-0.15, -0.1) is 0 Å². The SMILES string of the molecule is Cc1ccc(CN(C)CC(=O)Nc2ccc(Cl)c(N)c2)o1. The quantitative estimate of drug-likeness (QED) is 0.833. The number of hydrogen-bond acceptors (Lipinski definition) is 4. The molecule has 3 N–H and O–H groups in total. The van der Waals surface area contributed by atoms with Crippen LogP contribution in [0.1, 0.15) is 11.5 Å². The van der Waals surface area contributed by atoms with E-state index in [2.05, 4.69) is 5.32 Å². The van der Waals surface area contributed by atoms with Crippen molar-refractivity contribution in [3.05, 3.63) is 46.9 Å². The summed E-state index contributed by atoms with van der Waals surface area (Å²) in [6.45, 7) is 2.72. The summed E-state index contributed by atoms with van der Waals surface area (Å²) in [6.07, 6.45) is 0. The van der Waals surface area contributed by atoms with Gasteiger partial charge < -0.3 is 15.5 Å². The maximum Gasteiger partial charge on any atom is 0.238 e. The zero-order valence-corrected chi connectivity index (χ0v) is 12.8. The third-order valence-electron chi connectivity index (χ3n) is 2.92. The number of likely N-dealkylation sites (N-methyl/N-ethyl adjacent to an activating group) is 1. The highest BCUT2D eigenvalue weighted by Crippen LogP contribution is 2.22. The summed E-state index contributed by atoms with van der Waals surface area (Å²) in [4.78, 5) is 13.8. The van der Waals surface area contributed by atoms with Crippen LogP contribution in [-0.2, 0) is 11.3 Å². The molecule has 1 aromatic carbocycles. The number of carbonyl (C=O) groups excluding carboxylic acids is 1. The number of nitrogens with two attached hydrogens (primary N) is 1. The van der Waals surface area contributed by atoms with Gasteiger partial charge in [-0.2, -0.15) is 0 Å². The maximum atomic E-state index is 12.0. The number of aryl methyl sites for hydroxylation is 1. The van der Waals surface area contributed by atoms with Crippen molar-refractivity contribution in [2.75, 3.05) is 24.6 Å². The number of amides is 1. The number of furan rings is 1. The highest BCUT2D eigenvalue weighted by atomic mass is 35.5. The lowest BCUT2D eigenvalue weighted by Gasteiger charge is -2.15. The van der Waals surface area contributed by atoms with E-state index < -0.39 is 0 Å². The van der Waals surface area contributed by atoms with Crippen LogP contribution >= 0.6 is 11.6 Å². The Bertz CT molecular complexity index is 640. The van der Waals surface area contributed by atoms with Gasteiger partial charge >= 0.3 is 0 Å². The molecule has 0 aliphatic rings. The van der Waals surface area contributed by atoms with E-state index in [1.807, 2.05) is 31.0 Å². The molecule has 0 saturated carbocycles. The average molecular weight is 308 g/mol. The van der Waals surface area contributed by atoms with E-state index in [0.717, 1.165) is 11.5 Å². The Kier molecular flexibility index (Phi) is 4.88. The average Bonchev–Trinajstić information content (AvgIpc) is 2.79. The van der Waals surface area contributed by atoms with Crippen LogP contribution in [0.4, 0.5) is 11.4 Å². The van der Waals surface area contributed by atoms with Gasteiger partial charge in [-0.05, 0) is 44.3 Å². The van der Waals surface area contributed by atoms with Crippen LogP contribution in [0.3, 0.4) is 0 Å². The second-order valence-electron chi connectivity index (χ2n) is 4.97. The van der Waals surface area contributed by atoms with Crippen molar-refractivity contribution < 1.29 is 9.21 Å². The monoisotopic (exact) mass is 307 g/mol. The third kappa shape index (κ3) is 4.51. The highest BCUT2D eigenvalue weighted by Gasteiger charge is 2.10. The van der Waals surface area contributed by atoms with E-state index in [1.54, 1.807) is 18.2 Å². The van der Waals surface area contributed by atoms with Crippen molar-refractivity contribution in [3.8, 4) is 0 Å². The Labute approximate surface area is 128 Å². The van der Waals surface area contributed by atoms with Crippen LogP contribution in [-0.4, -0.2) is 24.4 Å². The molecule has 0 aliphatic heterocycles. The molecular formula is C15H18ClN3O2. The van der Waals surface area contributed by atoms with Crippen LogP contribution in [0.25, 0.3) is 0 Å². The molecule has 1 amide bonds. The molecule has 0 bridgehead atoms. The first-order valence-corrected chi connectivity index (χ1v) is 6.90. The van der Waals surface area contributed by atoms with Gasteiger partial charge in [0.05, 0.1) is 23.8 Å². The minimum Gasteiger partial charge on any atom is -0.465 e. The molecule has 21 heavy (non-hydrogen) atoms.